The van der Waals surface area contributed by atoms with E-state index in [2.05, 4.69) is 34.7 Å². The maximum atomic E-state index is 12.8. The molecular weight excluding hydrogens is 382 g/mol. The van der Waals surface area contributed by atoms with Crippen molar-refractivity contribution >= 4 is 28.4 Å². The van der Waals surface area contributed by atoms with Crippen LogP contribution >= 0.6 is 11.6 Å². The Balaban J connectivity index is 1.45. The number of carbonyl (C=O) groups excluding carboxylic acids is 1. The Bertz CT molecular complexity index is 1040. The number of fused-ring (bicyclic) bond motifs is 2. The molecule has 5 rings (SSSR count). The summed E-state index contributed by atoms with van der Waals surface area (Å²) in [5, 5.41) is 1.70. The van der Waals surface area contributed by atoms with Crippen LogP contribution in [0, 0.1) is 0 Å². The number of amides is 1. The van der Waals surface area contributed by atoms with Crippen molar-refractivity contribution < 1.29 is 4.79 Å². The average Bonchev–Trinajstić information content (AvgIpc) is 3.12. The minimum absolute atomic E-state index is 0.190. The van der Waals surface area contributed by atoms with Crippen molar-refractivity contribution in [3.05, 3.63) is 70.9 Å². The standard InChI is InChI=1S/C24H26ClN3O/c25-22-10-3-1-9-20(22)24(29)26-28-16-21(19-8-2-4-11-23(19)28)17-12-14-27-13-6-5-7-18(27)15-17/h1-4,8-11,16-18H,5-7,12-15H2,(H,26,29). The SMILES string of the molecule is O=C(Nn1cc(C2CCN3CCCCC3C2)c2ccccc21)c1ccccc1Cl. The fraction of sp³-hybridized carbons (Fsp3) is 0.375. The van der Waals surface area contributed by atoms with Gasteiger partial charge in [-0.3, -0.25) is 14.9 Å². The minimum Gasteiger partial charge on any atom is -0.300 e. The average molecular weight is 408 g/mol. The summed E-state index contributed by atoms with van der Waals surface area (Å²) in [5.74, 6) is 0.350. The van der Waals surface area contributed by atoms with E-state index < -0.39 is 0 Å². The lowest BCUT2D eigenvalue weighted by Gasteiger charge is -2.42. The number of hydrogen-bond donors (Lipinski definition) is 1. The van der Waals surface area contributed by atoms with Crippen molar-refractivity contribution in [1.29, 1.82) is 0 Å². The number of rotatable bonds is 3. The Labute approximate surface area is 176 Å². The molecule has 0 radical (unpaired) electrons. The summed E-state index contributed by atoms with van der Waals surface area (Å²) in [6, 6.07) is 16.2. The molecule has 2 aliphatic rings. The molecule has 2 saturated heterocycles. The van der Waals surface area contributed by atoms with Crippen LogP contribution in [-0.4, -0.2) is 34.6 Å². The fourth-order valence-corrected chi connectivity index (χ4v) is 5.33. The Morgan fingerprint density at radius 3 is 2.72 bits per heavy atom. The largest absolute Gasteiger partial charge is 0.300 e. The van der Waals surface area contributed by atoms with Gasteiger partial charge >= 0.3 is 0 Å². The van der Waals surface area contributed by atoms with E-state index in [1.165, 1.54) is 56.1 Å². The number of nitrogens with one attached hydrogen (secondary N) is 1. The van der Waals surface area contributed by atoms with Crippen molar-refractivity contribution in [2.24, 2.45) is 0 Å². The predicted molar refractivity (Wildman–Crippen MR) is 118 cm³/mol. The molecule has 5 heteroatoms. The third-order valence-electron chi connectivity index (χ3n) is 6.59. The van der Waals surface area contributed by atoms with E-state index in [4.69, 9.17) is 11.6 Å². The molecule has 2 aliphatic heterocycles. The first-order valence-corrected chi connectivity index (χ1v) is 11.0. The van der Waals surface area contributed by atoms with Gasteiger partial charge in [-0.15, -0.1) is 0 Å². The number of piperidine rings is 2. The van der Waals surface area contributed by atoms with E-state index in [-0.39, 0.29) is 5.91 Å². The first-order valence-electron chi connectivity index (χ1n) is 10.6. The molecule has 1 amide bonds. The van der Waals surface area contributed by atoms with Gasteiger partial charge in [0.15, 0.2) is 0 Å². The number of carbonyl (C=O) groups is 1. The van der Waals surface area contributed by atoms with E-state index in [0.29, 0.717) is 22.5 Å². The highest BCUT2D eigenvalue weighted by Gasteiger charge is 2.32. The second-order valence-electron chi connectivity index (χ2n) is 8.30. The zero-order chi connectivity index (χ0) is 19.8. The molecule has 1 N–H and O–H groups in total. The van der Waals surface area contributed by atoms with Gasteiger partial charge in [0.1, 0.15) is 0 Å². The molecule has 2 aromatic carbocycles. The van der Waals surface area contributed by atoms with Gasteiger partial charge in [-0.05, 0) is 68.5 Å². The lowest BCUT2D eigenvalue weighted by molar-refractivity contribution is 0.0975. The maximum absolute atomic E-state index is 12.8. The van der Waals surface area contributed by atoms with Crippen LogP contribution in [0.3, 0.4) is 0 Å². The summed E-state index contributed by atoms with van der Waals surface area (Å²) in [5.41, 5.74) is 5.92. The monoisotopic (exact) mass is 407 g/mol. The molecule has 2 fully saturated rings. The molecule has 2 atom stereocenters. The van der Waals surface area contributed by atoms with Crippen molar-refractivity contribution in [3.8, 4) is 0 Å². The number of para-hydroxylation sites is 1. The number of aromatic nitrogens is 1. The number of benzene rings is 2. The van der Waals surface area contributed by atoms with Crippen LogP contribution < -0.4 is 5.43 Å². The highest BCUT2D eigenvalue weighted by molar-refractivity contribution is 6.34. The van der Waals surface area contributed by atoms with E-state index in [9.17, 15) is 4.79 Å². The van der Waals surface area contributed by atoms with Crippen LogP contribution in [-0.2, 0) is 0 Å². The van der Waals surface area contributed by atoms with Crippen LogP contribution in [0.5, 0.6) is 0 Å². The highest BCUT2D eigenvalue weighted by atomic mass is 35.5. The number of nitrogens with zero attached hydrogens (tertiary/aromatic N) is 2. The van der Waals surface area contributed by atoms with Crippen LogP contribution in [0.15, 0.2) is 54.7 Å². The first-order chi connectivity index (χ1) is 14.2. The zero-order valence-corrected chi connectivity index (χ0v) is 17.2. The highest BCUT2D eigenvalue weighted by Crippen LogP contribution is 2.38. The second-order valence-corrected chi connectivity index (χ2v) is 8.71. The molecule has 0 aliphatic carbocycles. The van der Waals surface area contributed by atoms with Gasteiger partial charge in [0, 0.05) is 17.6 Å². The van der Waals surface area contributed by atoms with Crippen molar-refractivity contribution in [2.75, 3.05) is 18.5 Å². The van der Waals surface area contributed by atoms with Crippen molar-refractivity contribution in [3.63, 3.8) is 0 Å². The lowest BCUT2D eigenvalue weighted by atomic mass is 9.82. The van der Waals surface area contributed by atoms with E-state index in [0.717, 1.165) is 5.52 Å². The van der Waals surface area contributed by atoms with Gasteiger partial charge < -0.3 is 4.90 Å². The van der Waals surface area contributed by atoms with Gasteiger partial charge in [0.25, 0.3) is 5.91 Å². The maximum Gasteiger partial charge on any atom is 0.271 e. The summed E-state index contributed by atoms with van der Waals surface area (Å²) < 4.78 is 1.88. The Morgan fingerprint density at radius 2 is 1.83 bits per heavy atom. The molecule has 3 aromatic rings. The van der Waals surface area contributed by atoms with Crippen LogP contribution in [0.1, 0.15) is 53.9 Å². The smallest absolute Gasteiger partial charge is 0.271 e. The molecule has 0 bridgehead atoms. The lowest BCUT2D eigenvalue weighted by Crippen LogP contribution is -2.44. The van der Waals surface area contributed by atoms with Crippen molar-refractivity contribution in [1.82, 2.24) is 9.58 Å². The van der Waals surface area contributed by atoms with Crippen molar-refractivity contribution in [2.45, 2.75) is 44.1 Å². The molecular formula is C24H26ClN3O. The van der Waals surface area contributed by atoms with Gasteiger partial charge in [-0.25, -0.2) is 0 Å². The third-order valence-corrected chi connectivity index (χ3v) is 6.92. The number of halogens is 1. The van der Waals surface area contributed by atoms with Crippen LogP contribution in [0.2, 0.25) is 5.02 Å². The summed E-state index contributed by atoms with van der Waals surface area (Å²) in [7, 11) is 0. The Hall–Kier alpha value is -2.30. The number of hydrogen-bond acceptors (Lipinski definition) is 2. The second kappa shape index (κ2) is 7.85. The Kier molecular flexibility index (Phi) is 5.06. The zero-order valence-electron chi connectivity index (χ0n) is 16.5. The van der Waals surface area contributed by atoms with Crippen LogP contribution in [0.4, 0.5) is 0 Å². The third kappa shape index (κ3) is 3.56. The molecule has 2 unspecified atom stereocenters. The van der Waals surface area contributed by atoms with E-state index >= 15 is 0 Å². The normalized spacial score (nSPS) is 22.4. The van der Waals surface area contributed by atoms with Gasteiger partial charge in [0.05, 0.1) is 16.1 Å². The van der Waals surface area contributed by atoms with E-state index in [1.54, 1.807) is 12.1 Å². The molecule has 4 nitrogen and oxygen atoms in total. The first kappa shape index (κ1) is 18.7. The van der Waals surface area contributed by atoms with Crippen LogP contribution in [0.25, 0.3) is 10.9 Å². The van der Waals surface area contributed by atoms with E-state index in [1.807, 2.05) is 22.9 Å². The topological polar surface area (TPSA) is 37.3 Å². The molecule has 0 saturated carbocycles. The molecule has 29 heavy (non-hydrogen) atoms. The van der Waals surface area contributed by atoms with Gasteiger partial charge in [0.2, 0.25) is 0 Å². The molecule has 150 valence electrons. The molecule has 0 spiro atoms. The van der Waals surface area contributed by atoms with Gasteiger partial charge in [-0.2, -0.15) is 0 Å². The molecule has 1 aromatic heterocycles. The summed E-state index contributed by atoms with van der Waals surface area (Å²) >= 11 is 6.22. The summed E-state index contributed by atoms with van der Waals surface area (Å²) in [4.78, 5) is 15.5. The minimum atomic E-state index is -0.190. The van der Waals surface area contributed by atoms with Gasteiger partial charge in [-0.1, -0.05) is 48.4 Å². The quantitative estimate of drug-likeness (QED) is 0.630. The summed E-state index contributed by atoms with van der Waals surface area (Å²) in [6.07, 6.45) is 8.54. The summed E-state index contributed by atoms with van der Waals surface area (Å²) in [6.45, 7) is 2.44. The molecule has 3 heterocycles. The Morgan fingerprint density at radius 1 is 1.00 bits per heavy atom. The predicted octanol–water partition coefficient (Wildman–Crippen LogP) is 5.41. The fourth-order valence-electron chi connectivity index (χ4n) is 5.11.